The third kappa shape index (κ3) is 4.39. The van der Waals surface area contributed by atoms with Crippen LogP contribution in [0.1, 0.15) is 18.4 Å². The van der Waals surface area contributed by atoms with Crippen LogP contribution in [0.5, 0.6) is 0 Å². The van der Waals surface area contributed by atoms with Crippen molar-refractivity contribution in [3.63, 3.8) is 0 Å². The van der Waals surface area contributed by atoms with Gasteiger partial charge in [0.15, 0.2) is 0 Å². The number of piperazine rings is 1. The highest BCUT2D eigenvalue weighted by molar-refractivity contribution is 7.18. The van der Waals surface area contributed by atoms with E-state index in [1.165, 1.54) is 4.70 Å². The predicted octanol–water partition coefficient (Wildman–Crippen LogP) is 3.18. The first-order chi connectivity index (χ1) is 15.6. The lowest BCUT2D eigenvalue weighted by atomic mass is 10.1. The monoisotopic (exact) mass is 449 g/mol. The van der Waals surface area contributed by atoms with E-state index in [1.807, 2.05) is 37.3 Å². The first-order valence-electron chi connectivity index (χ1n) is 11.1. The van der Waals surface area contributed by atoms with Crippen molar-refractivity contribution in [1.29, 1.82) is 0 Å². The fraction of sp³-hybridized carbons (Fsp3) is 0.375. The summed E-state index contributed by atoms with van der Waals surface area (Å²) >= 11 is 1.76. The Morgan fingerprint density at radius 1 is 1.06 bits per heavy atom. The number of fused-ring (bicyclic) bond motifs is 2. The molecule has 7 nitrogen and oxygen atoms in total. The van der Waals surface area contributed by atoms with Gasteiger partial charge < -0.3 is 10.2 Å². The number of anilines is 2. The molecule has 0 saturated carbocycles. The molecular formula is C24H27N5O2S. The molecule has 2 aromatic carbocycles. The summed E-state index contributed by atoms with van der Waals surface area (Å²) in [5.41, 5.74) is 2.55. The van der Waals surface area contributed by atoms with E-state index in [4.69, 9.17) is 4.98 Å². The Hall–Kier alpha value is -2.81. The molecule has 1 N–H and O–H groups in total. The zero-order valence-electron chi connectivity index (χ0n) is 18.2. The molecule has 2 aliphatic heterocycles. The minimum atomic E-state index is -0.175. The molecule has 1 aromatic heterocycles. The fourth-order valence-electron chi connectivity index (χ4n) is 4.52. The zero-order valence-corrected chi connectivity index (χ0v) is 19.0. The lowest BCUT2D eigenvalue weighted by Crippen LogP contribution is -2.51. The van der Waals surface area contributed by atoms with Gasteiger partial charge in [0.1, 0.15) is 5.01 Å². The standard InChI is InChI=1S/C24H27N5O2S/c1-17-14-22(30)25-18-6-2-4-8-20(18)29(17)24(31)16-28-12-10-27(11-13-28)15-23-26-19-7-3-5-9-21(19)32-23/h2-9,17H,10-16H2,1H3,(H,25,30). The summed E-state index contributed by atoms with van der Waals surface area (Å²) in [5.74, 6) is -0.00946. The van der Waals surface area contributed by atoms with Crippen LogP contribution in [0, 0.1) is 0 Å². The van der Waals surface area contributed by atoms with Gasteiger partial charge in [-0.1, -0.05) is 24.3 Å². The average Bonchev–Trinajstić information content (AvgIpc) is 3.13. The normalized spacial score (nSPS) is 20.1. The molecule has 5 rings (SSSR count). The average molecular weight is 450 g/mol. The van der Waals surface area contributed by atoms with E-state index < -0.39 is 0 Å². The molecule has 3 heterocycles. The van der Waals surface area contributed by atoms with Gasteiger partial charge in [0, 0.05) is 38.6 Å². The number of thiazole rings is 1. The third-order valence-corrected chi connectivity index (χ3v) is 7.17. The van der Waals surface area contributed by atoms with Gasteiger partial charge in [-0.05, 0) is 31.2 Å². The van der Waals surface area contributed by atoms with Crippen LogP contribution in [0.4, 0.5) is 11.4 Å². The highest BCUT2D eigenvalue weighted by Gasteiger charge is 2.31. The number of para-hydroxylation sites is 3. The molecule has 1 atom stereocenters. The largest absolute Gasteiger partial charge is 0.324 e. The third-order valence-electron chi connectivity index (χ3n) is 6.15. The van der Waals surface area contributed by atoms with Crippen molar-refractivity contribution in [1.82, 2.24) is 14.8 Å². The van der Waals surface area contributed by atoms with E-state index >= 15 is 0 Å². The minimum Gasteiger partial charge on any atom is -0.324 e. The van der Waals surface area contributed by atoms with Crippen molar-refractivity contribution in [3.05, 3.63) is 53.5 Å². The molecule has 0 radical (unpaired) electrons. The van der Waals surface area contributed by atoms with Crippen LogP contribution in [-0.4, -0.2) is 65.4 Å². The Balaban J connectivity index is 1.20. The molecule has 0 aliphatic carbocycles. The highest BCUT2D eigenvalue weighted by Crippen LogP contribution is 2.31. The topological polar surface area (TPSA) is 68.8 Å². The van der Waals surface area contributed by atoms with Crippen LogP contribution in [0.2, 0.25) is 0 Å². The molecular weight excluding hydrogens is 422 g/mol. The summed E-state index contributed by atoms with van der Waals surface area (Å²) in [7, 11) is 0. The fourth-order valence-corrected chi connectivity index (χ4v) is 5.53. The number of aromatic nitrogens is 1. The van der Waals surface area contributed by atoms with Gasteiger partial charge in [0.2, 0.25) is 11.8 Å². The Morgan fingerprint density at radius 2 is 1.78 bits per heavy atom. The predicted molar refractivity (Wildman–Crippen MR) is 128 cm³/mol. The van der Waals surface area contributed by atoms with Crippen LogP contribution in [-0.2, 0) is 16.1 Å². The molecule has 2 amide bonds. The van der Waals surface area contributed by atoms with Gasteiger partial charge >= 0.3 is 0 Å². The Labute approximate surface area is 191 Å². The van der Waals surface area contributed by atoms with E-state index in [0.717, 1.165) is 48.9 Å². The van der Waals surface area contributed by atoms with Crippen molar-refractivity contribution in [2.45, 2.75) is 25.9 Å². The van der Waals surface area contributed by atoms with Crippen molar-refractivity contribution in [2.75, 3.05) is 42.9 Å². The van der Waals surface area contributed by atoms with Gasteiger partial charge in [-0.2, -0.15) is 0 Å². The van der Waals surface area contributed by atoms with Gasteiger partial charge in [-0.25, -0.2) is 4.98 Å². The van der Waals surface area contributed by atoms with Gasteiger partial charge in [-0.15, -0.1) is 11.3 Å². The quantitative estimate of drug-likeness (QED) is 0.663. The van der Waals surface area contributed by atoms with Gasteiger partial charge in [-0.3, -0.25) is 19.4 Å². The van der Waals surface area contributed by atoms with Gasteiger partial charge in [0.25, 0.3) is 0 Å². The number of hydrogen-bond acceptors (Lipinski definition) is 6. The van der Waals surface area contributed by atoms with E-state index in [0.29, 0.717) is 18.7 Å². The smallest absolute Gasteiger partial charge is 0.241 e. The molecule has 0 spiro atoms. The number of carbonyl (C=O) groups excluding carboxylic acids is 2. The number of carbonyl (C=O) groups is 2. The van der Waals surface area contributed by atoms with Crippen LogP contribution in [0.25, 0.3) is 10.2 Å². The molecule has 1 fully saturated rings. The summed E-state index contributed by atoms with van der Waals surface area (Å²) in [6, 6.07) is 15.6. The molecule has 166 valence electrons. The molecule has 1 saturated heterocycles. The Morgan fingerprint density at radius 3 is 2.59 bits per heavy atom. The molecule has 2 aliphatic rings. The van der Waals surface area contributed by atoms with Crippen LogP contribution in [0.15, 0.2) is 48.5 Å². The second kappa shape index (κ2) is 8.97. The van der Waals surface area contributed by atoms with Crippen LogP contribution in [0.3, 0.4) is 0 Å². The van der Waals surface area contributed by atoms with E-state index in [-0.39, 0.29) is 17.9 Å². The number of nitrogens with zero attached hydrogens (tertiary/aromatic N) is 4. The van der Waals surface area contributed by atoms with E-state index in [1.54, 1.807) is 16.2 Å². The maximum Gasteiger partial charge on any atom is 0.241 e. The molecule has 3 aromatic rings. The maximum atomic E-state index is 13.3. The van der Waals surface area contributed by atoms with Crippen molar-refractivity contribution < 1.29 is 9.59 Å². The number of amides is 2. The summed E-state index contributed by atoms with van der Waals surface area (Å²) in [6.45, 7) is 6.67. The van der Waals surface area contributed by atoms with E-state index in [2.05, 4.69) is 33.3 Å². The van der Waals surface area contributed by atoms with E-state index in [9.17, 15) is 9.59 Å². The van der Waals surface area contributed by atoms with Crippen LogP contribution < -0.4 is 10.2 Å². The summed E-state index contributed by atoms with van der Waals surface area (Å²) in [5, 5.41) is 4.06. The lowest BCUT2D eigenvalue weighted by molar-refractivity contribution is -0.120. The first-order valence-corrected chi connectivity index (χ1v) is 11.9. The maximum absolute atomic E-state index is 13.3. The number of rotatable bonds is 4. The first kappa shape index (κ1) is 21.1. The van der Waals surface area contributed by atoms with Crippen molar-refractivity contribution in [2.24, 2.45) is 0 Å². The Bertz CT molecular complexity index is 1110. The molecule has 1 unspecified atom stereocenters. The number of hydrogen-bond donors (Lipinski definition) is 1. The van der Waals surface area contributed by atoms with Crippen molar-refractivity contribution in [3.8, 4) is 0 Å². The molecule has 0 bridgehead atoms. The second-order valence-electron chi connectivity index (χ2n) is 8.51. The molecule has 8 heteroatoms. The minimum absolute atomic E-state index is 0.0427. The summed E-state index contributed by atoms with van der Waals surface area (Å²) in [6.07, 6.45) is 0.302. The summed E-state index contributed by atoms with van der Waals surface area (Å²) < 4.78 is 1.23. The lowest BCUT2D eigenvalue weighted by Gasteiger charge is -2.36. The highest BCUT2D eigenvalue weighted by atomic mass is 32.1. The SMILES string of the molecule is CC1CC(=O)Nc2ccccc2N1C(=O)CN1CCN(Cc2nc3ccccc3s2)CC1. The second-order valence-corrected chi connectivity index (χ2v) is 9.63. The zero-order chi connectivity index (χ0) is 22.1. The summed E-state index contributed by atoms with van der Waals surface area (Å²) in [4.78, 5) is 36.6. The number of benzene rings is 2. The number of nitrogens with one attached hydrogen (secondary N) is 1. The van der Waals surface area contributed by atoms with Gasteiger partial charge in [0.05, 0.1) is 34.7 Å². The molecule has 32 heavy (non-hydrogen) atoms. The van der Waals surface area contributed by atoms with Crippen LogP contribution >= 0.6 is 11.3 Å². The Kier molecular flexibility index (Phi) is 5.91. The van der Waals surface area contributed by atoms with Crippen molar-refractivity contribution >= 4 is 44.7 Å².